The van der Waals surface area contributed by atoms with Crippen molar-refractivity contribution in [2.75, 3.05) is 5.73 Å². The first-order valence-corrected chi connectivity index (χ1v) is 5.95. The highest BCUT2D eigenvalue weighted by Crippen LogP contribution is 2.28. The van der Waals surface area contributed by atoms with Crippen molar-refractivity contribution in [1.29, 1.82) is 0 Å². The van der Waals surface area contributed by atoms with E-state index >= 15 is 0 Å². The van der Waals surface area contributed by atoms with Gasteiger partial charge in [0.1, 0.15) is 5.82 Å². The van der Waals surface area contributed by atoms with Gasteiger partial charge in [0.2, 0.25) is 0 Å². The fourth-order valence-electron chi connectivity index (χ4n) is 2.21. The molecule has 3 aromatic rings. The number of hydrogen-bond donors (Lipinski definition) is 2. The molecular weight excluding hydrogens is 224 g/mol. The molecule has 0 radical (unpaired) electrons. The number of aromatic nitrogens is 3. The predicted molar refractivity (Wildman–Crippen MR) is 73.1 cm³/mol. The maximum absolute atomic E-state index is 5.84. The summed E-state index contributed by atoms with van der Waals surface area (Å²) in [4.78, 5) is 4.27. The lowest BCUT2D eigenvalue weighted by molar-refractivity contribution is 1.10. The highest BCUT2D eigenvalue weighted by Gasteiger charge is 2.06. The molecule has 0 amide bonds. The highest BCUT2D eigenvalue weighted by molar-refractivity contribution is 5.90. The number of nitrogen functional groups attached to an aromatic ring is 1. The van der Waals surface area contributed by atoms with Gasteiger partial charge in [0, 0.05) is 23.3 Å². The van der Waals surface area contributed by atoms with E-state index in [1.165, 1.54) is 10.9 Å². The number of aryl methyl sites for hydroxylation is 1. The zero-order valence-corrected chi connectivity index (χ0v) is 10.1. The van der Waals surface area contributed by atoms with E-state index in [4.69, 9.17) is 5.73 Å². The van der Waals surface area contributed by atoms with E-state index in [-0.39, 0.29) is 0 Å². The van der Waals surface area contributed by atoms with Gasteiger partial charge in [0.25, 0.3) is 0 Å². The Balaban J connectivity index is 2.21. The molecule has 2 aromatic heterocycles. The Morgan fingerprint density at radius 1 is 1.22 bits per heavy atom. The molecule has 0 unspecified atom stereocenters. The van der Waals surface area contributed by atoms with Gasteiger partial charge in [-0.2, -0.15) is 5.10 Å². The number of H-pyrrole nitrogens is 1. The minimum absolute atomic E-state index is 0.592. The molecule has 0 saturated heterocycles. The summed E-state index contributed by atoms with van der Waals surface area (Å²) in [7, 11) is 0. The fourth-order valence-corrected chi connectivity index (χ4v) is 2.21. The molecule has 0 saturated carbocycles. The van der Waals surface area contributed by atoms with E-state index in [0.717, 1.165) is 22.9 Å². The van der Waals surface area contributed by atoms with Gasteiger partial charge in [0.15, 0.2) is 0 Å². The SMILES string of the molecule is CCc1cncc2cc(-c3cn[nH]c3N)ccc12. The summed E-state index contributed by atoms with van der Waals surface area (Å²) in [5, 5.41) is 9.08. The maximum atomic E-state index is 5.84. The summed E-state index contributed by atoms with van der Waals surface area (Å²) in [5.74, 6) is 0.592. The average Bonchev–Trinajstić information content (AvgIpc) is 2.83. The number of nitrogens with one attached hydrogen (secondary N) is 1. The number of rotatable bonds is 2. The zero-order chi connectivity index (χ0) is 12.5. The van der Waals surface area contributed by atoms with Crippen LogP contribution in [0, 0.1) is 0 Å². The van der Waals surface area contributed by atoms with Crippen molar-refractivity contribution in [3.8, 4) is 11.1 Å². The second-order valence-corrected chi connectivity index (χ2v) is 4.29. The number of fused-ring (bicyclic) bond motifs is 1. The molecule has 3 N–H and O–H groups in total. The van der Waals surface area contributed by atoms with Crippen LogP contribution in [0.15, 0.2) is 36.8 Å². The van der Waals surface area contributed by atoms with E-state index in [2.05, 4.69) is 40.3 Å². The Morgan fingerprint density at radius 2 is 2.11 bits per heavy atom. The topological polar surface area (TPSA) is 67.6 Å². The average molecular weight is 238 g/mol. The first-order valence-electron chi connectivity index (χ1n) is 5.95. The van der Waals surface area contributed by atoms with E-state index < -0.39 is 0 Å². The lowest BCUT2D eigenvalue weighted by Crippen LogP contribution is -1.89. The van der Waals surface area contributed by atoms with Crippen molar-refractivity contribution in [3.05, 3.63) is 42.4 Å². The summed E-state index contributed by atoms with van der Waals surface area (Å²) in [6, 6.07) is 6.29. The van der Waals surface area contributed by atoms with Crippen LogP contribution in [0.4, 0.5) is 5.82 Å². The molecule has 0 spiro atoms. The number of aromatic amines is 1. The maximum Gasteiger partial charge on any atom is 0.126 e. The quantitative estimate of drug-likeness (QED) is 0.721. The van der Waals surface area contributed by atoms with Gasteiger partial charge in [-0.1, -0.05) is 19.1 Å². The molecule has 18 heavy (non-hydrogen) atoms. The van der Waals surface area contributed by atoms with Crippen LogP contribution >= 0.6 is 0 Å². The van der Waals surface area contributed by atoms with Crippen LogP contribution in [-0.2, 0) is 6.42 Å². The van der Waals surface area contributed by atoms with Crippen molar-refractivity contribution < 1.29 is 0 Å². The van der Waals surface area contributed by atoms with E-state index in [1.54, 1.807) is 6.20 Å². The van der Waals surface area contributed by atoms with Crippen molar-refractivity contribution in [2.24, 2.45) is 0 Å². The molecule has 0 aliphatic heterocycles. The molecule has 0 aliphatic rings. The van der Waals surface area contributed by atoms with Crippen LogP contribution < -0.4 is 5.73 Å². The molecule has 3 rings (SSSR count). The summed E-state index contributed by atoms with van der Waals surface area (Å²) in [6.07, 6.45) is 6.54. The molecule has 0 fully saturated rings. The number of benzene rings is 1. The summed E-state index contributed by atoms with van der Waals surface area (Å²) < 4.78 is 0. The third kappa shape index (κ3) is 1.62. The number of anilines is 1. The Bertz CT molecular complexity index is 700. The number of hydrogen-bond acceptors (Lipinski definition) is 3. The third-order valence-corrected chi connectivity index (χ3v) is 3.20. The first kappa shape index (κ1) is 10.8. The van der Waals surface area contributed by atoms with Crippen LogP contribution in [0.3, 0.4) is 0 Å². The van der Waals surface area contributed by atoms with Crippen molar-refractivity contribution in [1.82, 2.24) is 15.2 Å². The molecule has 1 aromatic carbocycles. The smallest absolute Gasteiger partial charge is 0.126 e. The van der Waals surface area contributed by atoms with Gasteiger partial charge in [-0.3, -0.25) is 10.1 Å². The second-order valence-electron chi connectivity index (χ2n) is 4.29. The van der Waals surface area contributed by atoms with E-state index in [0.29, 0.717) is 5.82 Å². The van der Waals surface area contributed by atoms with Crippen LogP contribution in [0.1, 0.15) is 12.5 Å². The lowest BCUT2D eigenvalue weighted by atomic mass is 10.0. The molecular formula is C14H14N4. The fraction of sp³-hybridized carbons (Fsp3) is 0.143. The van der Waals surface area contributed by atoms with Gasteiger partial charge in [-0.25, -0.2) is 0 Å². The summed E-state index contributed by atoms with van der Waals surface area (Å²) >= 11 is 0. The molecule has 4 heteroatoms. The van der Waals surface area contributed by atoms with Crippen molar-refractivity contribution in [2.45, 2.75) is 13.3 Å². The van der Waals surface area contributed by atoms with Gasteiger partial charge >= 0.3 is 0 Å². The van der Waals surface area contributed by atoms with Crippen LogP contribution in [0.5, 0.6) is 0 Å². The number of pyridine rings is 1. The Hall–Kier alpha value is -2.36. The molecule has 90 valence electrons. The Labute approximate surface area is 105 Å². The third-order valence-electron chi connectivity index (χ3n) is 3.20. The number of nitrogens with two attached hydrogens (primary N) is 1. The van der Waals surface area contributed by atoms with E-state index in [1.807, 2.05) is 12.4 Å². The van der Waals surface area contributed by atoms with Crippen molar-refractivity contribution in [3.63, 3.8) is 0 Å². The van der Waals surface area contributed by atoms with Gasteiger partial charge < -0.3 is 5.73 Å². The summed E-state index contributed by atoms with van der Waals surface area (Å²) in [5.41, 5.74) is 9.09. The van der Waals surface area contributed by atoms with Gasteiger partial charge in [0.05, 0.1) is 6.20 Å². The minimum atomic E-state index is 0.592. The minimum Gasteiger partial charge on any atom is -0.384 e. The normalized spacial score (nSPS) is 10.9. The Kier molecular flexibility index (Phi) is 2.48. The van der Waals surface area contributed by atoms with Crippen LogP contribution in [-0.4, -0.2) is 15.2 Å². The summed E-state index contributed by atoms with van der Waals surface area (Å²) in [6.45, 7) is 2.14. The molecule has 2 heterocycles. The molecule has 0 atom stereocenters. The van der Waals surface area contributed by atoms with Gasteiger partial charge in [-0.05, 0) is 29.0 Å². The zero-order valence-electron chi connectivity index (χ0n) is 10.1. The standard InChI is InChI=1S/C14H14N4/c1-2-9-6-16-7-11-5-10(3-4-12(9)11)13-8-17-18-14(13)15/h3-8H,2H2,1H3,(H3,15,17,18). The van der Waals surface area contributed by atoms with Crippen LogP contribution in [0.2, 0.25) is 0 Å². The van der Waals surface area contributed by atoms with Crippen LogP contribution in [0.25, 0.3) is 21.9 Å². The van der Waals surface area contributed by atoms with Crippen molar-refractivity contribution >= 4 is 16.6 Å². The molecule has 4 nitrogen and oxygen atoms in total. The second kappa shape index (κ2) is 4.14. The highest BCUT2D eigenvalue weighted by atomic mass is 15.1. The monoisotopic (exact) mass is 238 g/mol. The lowest BCUT2D eigenvalue weighted by Gasteiger charge is -2.06. The van der Waals surface area contributed by atoms with Gasteiger partial charge in [-0.15, -0.1) is 0 Å². The molecule has 0 bridgehead atoms. The van der Waals surface area contributed by atoms with E-state index in [9.17, 15) is 0 Å². The largest absolute Gasteiger partial charge is 0.384 e. The predicted octanol–water partition coefficient (Wildman–Crippen LogP) is 2.77. The first-order chi connectivity index (χ1) is 8.79. The Morgan fingerprint density at radius 3 is 2.83 bits per heavy atom. The molecule has 0 aliphatic carbocycles. The number of nitrogens with zero attached hydrogens (tertiary/aromatic N) is 2.